The Morgan fingerprint density at radius 2 is 0.708 bits per heavy atom. The van der Waals surface area contributed by atoms with Gasteiger partial charge in [0.15, 0.2) is 25.2 Å². The first-order valence-electron chi connectivity index (χ1n) is 24.5. The minimum Gasteiger partial charge on any atom is -0.352 e. The van der Waals surface area contributed by atoms with Crippen molar-refractivity contribution in [3.63, 3.8) is 0 Å². The summed E-state index contributed by atoms with van der Waals surface area (Å²) in [5.74, 6) is -1.24. The summed E-state index contributed by atoms with van der Waals surface area (Å²) in [7, 11) is 0. The van der Waals surface area contributed by atoms with Crippen molar-refractivity contribution in [1.29, 1.82) is 0 Å². The van der Waals surface area contributed by atoms with Crippen molar-refractivity contribution < 1.29 is 75.8 Å². The van der Waals surface area contributed by atoms with E-state index in [-0.39, 0.29) is 34.9 Å². The van der Waals surface area contributed by atoms with E-state index < -0.39 is 49.1 Å². The fourth-order valence-corrected chi connectivity index (χ4v) is 11.0. The molecular formula is C46H86O16S3. The van der Waals surface area contributed by atoms with Gasteiger partial charge in [0.25, 0.3) is 23.9 Å². The van der Waals surface area contributed by atoms with Gasteiger partial charge < -0.3 is 56.8 Å². The molecule has 65 heavy (non-hydrogen) atoms. The molecule has 0 spiro atoms. The van der Waals surface area contributed by atoms with Crippen molar-refractivity contribution in [2.45, 2.75) is 218 Å². The monoisotopic (exact) mass is 991 g/mol. The predicted octanol–water partition coefficient (Wildman–Crippen LogP) is 9.00. The van der Waals surface area contributed by atoms with Gasteiger partial charge in [-0.2, -0.15) is 35.3 Å². The summed E-state index contributed by atoms with van der Waals surface area (Å²) in [6.45, 7) is 27.9. The highest BCUT2D eigenvalue weighted by Crippen LogP contribution is 2.35. The lowest BCUT2D eigenvalue weighted by molar-refractivity contribution is -0.386. The highest BCUT2D eigenvalue weighted by molar-refractivity contribution is 8.05. The third-order valence-corrected chi connectivity index (χ3v) is 15.1. The fourth-order valence-electron chi connectivity index (χ4n) is 7.38. The molecule has 4 saturated heterocycles. The van der Waals surface area contributed by atoms with Crippen LogP contribution in [-0.4, -0.2) is 160 Å². The molecule has 0 bridgehead atoms. The average Bonchev–Trinajstić information content (AvgIpc) is 4.10. The number of ether oxygens (including phenoxy) is 16. The molecule has 0 radical (unpaired) electrons. The molecular weight excluding hydrogens is 905 g/mol. The molecule has 19 heteroatoms. The molecule has 4 fully saturated rings. The highest BCUT2D eigenvalue weighted by atomic mass is 32.2. The highest BCUT2D eigenvalue weighted by Gasteiger charge is 2.45. The standard InChI is InChI=1S/C46H86O16S3/c1-13-39(59-43(17-5)51-25-33(9)55-43)47-21-23-64-37(29-49-41(15-3)61-45(19-7)53-27-35(11)57-45)31-63-32-38(30-50-42(16-4)62-46(20-8)54-28-36(12)58-46)65-24-22-48-40(14-2)60-44(18-6)52-26-34(10)56-44/h33-42H,13-32H2,1-12H3. The van der Waals surface area contributed by atoms with E-state index in [1.54, 1.807) is 0 Å². The first-order valence-corrected chi connectivity index (χ1v) is 27.7. The van der Waals surface area contributed by atoms with Crippen LogP contribution in [0.2, 0.25) is 0 Å². The molecule has 4 aliphatic heterocycles. The SMILES string of the molecule is CCC(OCCSC(COC(CC)OC1(CC)OCC(C)O1)CSCC(COC(CC)OC1(CC)OCC(C)O1)SCCOC(CC)OC1(CC)OCC(C)O1)OC1(CC)OCC(C)O1. The van der Waals surface area contributed by atoms with Gasteiger partial charge in [-0.05, 0) is 53.4 Å². The maximum Gasteiger partial charge on any atom is 0.285 e. The molecule has 16 nitrogen and oxygen atoms in total. The molecule has 4 heterocycles. The minimum absolute atomic E-state index is 0.0324. The quantitative estimate of drug-likeness (QED) is 0.0434. The zero-order valence-electron chi connectivity index (χ0n) is 41.7. The Labute approximate surface area is 403 Å². The smallest absolute Gasteiger partial charge is 0.285 e. The molecule has 384 valence electrons. The van der Waals surface area contributed by atoms with Gasteiger partial charge in [0.1, 0.15) is 0 Å². The molecule has 0 amide bonds. The third kappa shape index (κ3) is 19.2. The fraction of sp³-hybridized carbons (Fsp3) is 1.00. The van der Waals surface area contributed by atoms with Gasteiger partial charge in [-0.1, -0.05) is 55.4 Å². The number of hydrogen-bond donors (Lipinski definition) is 0. The Hall–Kier alpha value is 0.410. The van der Waals surface area contributed by atoms with Crippen LogP contribution < -0.4 is 0 Å². The van der Waals surface area contributed by atoms with E-state index in [0.717, 1.165) is 23.0 Å². The van der Waals surface area contributed by atoms with Gasteiger partial charge in [-0.3, -0.25) is 18.9 Å². The van der Waals surface area contributed by atoms with E-state index in [4.69, 9.17) is 75.8 Å². The Morgan fingerprint density at radius 1 is 0.431 bits per heavy atom. The number of rotatable bonds is 36. The molecule has 14 atom stereocenters. The van der Waals surface area contributed by atoms with Gasteiger partial charge in [-0.25, -0.2) is 0 Å². The third-order valence-electron chi connectivity index (χ3n) is 11.0. The van der Waals surface area contributed by atoms with Crippen molar-refractivity contribution >= 4 is 35.3 Å². The van der Waals surface area contributed by atoms with E-state index in [0.29, 0.717) is 104 Å². The number of hydrogen-bond acceptors (Lipinski definition) is 19. The Balaban J connectivity index is 1.38. The first-order chi connectivity index (χ1) is 31.2. The maximum absolute atomic E-state index is 6.49. The molecule has 0 aromatic carbocycles. The van der Waals surface area contributed by atoms with Crippen molar-refractivity contribution in [2.75, 3.05) is 75.9 Å². The molecule has 0 N–H and O–H groups in total. The maximum atomic E-state index is 6.49. The lowest BCUT2D eigenvalue weighted by atomic mass is 10.4. The lowest BCUT2D eigenvalue weighted by Gasteiger charge is -2.32. The van der Waals surface area contributed by atoms with Gasteiger partial charge in [0.2, 0.25) is 0 Å². The van der Waals surface area contributed by atoms with Crippen LogP contribution in [0.15, 0.2) is 0 Å². The summed E-state index contributed by atoms with van der Waals surface area (Å²) in [5, 5.41) is 0.239. The van der Waals surface area contributed by atoms with E-state index in [1.165, 1.54) is 0 Å². The van der Waals surface area contributed by atoms with Crippen LogP contribution in [0.25, 0.3) is 0 Å². The van der Waals surface area contributed by atoms with Crippen LogP contribution in [0.5, 0.6) is 0 Å². The van der Waals surface area contributed by atoms with Crippen LogP contribution in [0.3, 0.4) is 0 Å². The van der Waals surface area contributed by atoms with E-state index >= 15 is 0 Å². The van der Waals surface area contributed by atoms with E-state index in [9.17, 15) is 0 Å². The molecule has 4 rings (SSSR count). The van der Waals surface area contributed by atoms with E-state index in [2.05, 4.69) is 0 Å². The van der Waals surface area contributed by atoms with Crippen molar-refractivity contribution in [3.05, 3.63) is 0 Å². The summed E-state index contributed by atoms with van der Waals surface area (Å²) in [5.41, 5.74) is 0. The van der Waals surface area contributed by atoms with Gasteiger partial charge in [0.05, 0.1) is 77.3 Å². The average molecular weight is 991 g/mol. The summed E-state index contributed by atoms with van der Waals surface area (Å²) in [4.78, 5) is 0. The normalized spacial score (nSPS) is 33.4. The van der Waals surface area contributed by atoms with Gasteiger partial charge in [0, 0.05) is 59.2 Å². The first kappa shape index (κ1) is 58.0. The largest absolute Gasteiger partial charge is 0.352 e. The lowest BCUT2D eigenvalue weighted by Crippen LogP contribution is -2.39. The zero-order chi connectivity index (χ0) is 47.4. The van der Waals surface area contributed by atoms with Crippen LogP contribution in [0.4, 0.5) is 0 Å². The van der Waals surface area contributed by atoms with Crippen molar-refractivity contribution in [1.82, 2.24) is 0 Å². The Bertz CT molecular complexity index is 1190. The van der Waals surface area contributed by atoms with Crippen LogP contribution >= 0.6 is 35.3 Å². The summed E-state index contributed by atoms with van der Waals surface area (Å²) >= 11 is 5.49. The second-order valence-corrected chi connectivity index (χ2v) is 20.7. The zero-order valence-corrected chi connectivity index (χ0v) is 44.1. The summed E-state index contributed by atoms with van der Waals surface area (Å²) in [6.07, 6.45) is 2.79. The van der Waals surface area contributed by atoms with Crippen LogP contribution in [0.1, 0.15) is 134 Å². The predicted molar refractivity (Wildman–Crippen MR) is 252 cm³/mol. The minimum atomic E-state index is -1.10. The Morgan fingerprint density at radius 3 is 0.938 bits per heavy atom. The topological polar surface area (TPSA) is 148 Å². The molecule has 4 aliphatic rings. The molecule has 0 aromatic heterocycles. The second-order valence-electron chi connectivity index (χ2n) is 16.9. The van der Waals surface area contributed by atoms with Gasteiger partial charge in [-0.15, -0.1) is 0 Å². The molecule has 0 saturated carbocycles. The van der Waals surface area contributed by atoms with Crippen molar-refractivity contribution in [3.8, 4) is 0 Å². The summed E-state index contributed by atoms with van der Waals surface area (Å²) in [6, 6.07) is 0. The summed E-state index contributed by atoms with van der Waals surface area (Å²) < 4.78 is 98.6. The number of thioether (sulfide) groups is 3. The van der Waals surface area contributed by atoms with E-state index in [1.807, 2.05) is 118 Å². The molecule has 0 aromatic rings. The second kappa shape index (κ2) is 29.7. The van der Waals surface area contributed by atoms with Gasteiger partial charge >= 0.3 is 0 Å². The molecule has 14 unspecified atom stereocenters. The van der Waals surface area contributed by atoms with Crippen LogP contribution in [0, 0.1) is 0 Å². The van der Waals surface area contributed by atoms with Crippen molar-refractivity contribution in [2.24, 2.45) is 0 Å². The van der Waals surface area contributed by atoms with Crippen LogP contribution in [-0.2, 0) is 75.8 Å². The Kier molecular flexibility index (Phi) is 26.5. The molecule has 0 aliphatic carbocycles.